The van der Waals surface area contributed by atoms with Crippen molar-refractivity contribution in [1.82, 2.24) is 5.32 Å². The van der Waals surface area contributed by atoms with Gasteiger partial charge in [0.1, 0.15) is 0 Å². The fourth-order valence-corrected chi connectivity index (χ4v) is 3.90. The van der Waals surface area contributed by atoms with Crippen molar-refractivity contribution >= 4 is 11.8 Å². The van der Waals surface area contributed by atoms with Crippen LogP contribution in [0.25, 0.3) is 0 Å². The molecule has 0 aliphatic carbocycles. The van der Waals surface area contributed by atoms with E-state index in [1.165, 1.54) is 29.7 Å². The molecular weight excluding hydrogens is 266 g/mol. The van der Waals surface area contributed by atoms with Crippen molar-refractivity contribution in [2.24, 2.45) is 5.92 Å². The first-order valence-electron chi connectivity index (χ1n) is 7.79. The van der Waals surface area contributed by atoms with Gasteiger partial charge < -0.3 is 10.1 Å². The van der Waals surface area contributed by atoms with Gasteiger partial charge in [-0.25, -0.2) is 0 Å². The molecule has 0 radical (unpaired) electrons. The summed E-state index contributed by atoms with van der Waals surface area (Å²) in [5, 5.41) is 3.66. The molecule has 0 aromatic heterocycles. The van der Waals surface area contributed by atoms with E-state index in [4.69, 9.17) is 4.74 Å². The van der Waals surface area contributed by atoms with E-state index in [1.54, 1.807) is 0 Å². The van der Waals surface area contributed by atoms with Gasteiger partial charge in [-0.2, -0.15) is 0 Å². The number of rotatable bonds is 7. The van der Waals surface area contributed by atoms with Gasteiger partial charge in [-0.05, 0) is 50.3 Å². The third kappa shape index (κ3) is 5.12. The Hall–Kier alpha value is -0.510. The topological polar surface area (TPSA) is 21.3 Å². The van der Waals surface area contributed by atoms with Crippen LogP contribution >= 0.6 is 11.8 Å². The molecule has 1 heterocycles. The second-order valence-electron chi connectivity index (χ2n) is 5.62. The third-order valence-electron chi connectivity index (χ3n) is 3.99. The zero-order valence-corrected chi connectivity index (χ0v) is 13.5. The van der Waals surface area contributed by atoms with Crippen molar-refractivity contribution in [3.8, 4) is 0 Å². The predicted octanol–water partition coefficient (Wildman–Crippen LogP) is 3.88. The van der Waals surface area contributed by atoms with E-state index >= 15 is 0 Å². The normalized spacial score (nSPS) is 18.1. The Morgan fingerprint density at radius 1 is 1.30 bits per heavy atom. The van der Waals surface area contributed by atoms with Crippen LogP contribution < -0.4 is 5.32 Å². The molecule has 20 heavy (non-hydrogen) atoms. The van der Waals surface area contributed by atoms with Gasteiger partial charge in [-0.15, -0.1) is 11.8 Å². The molecular formula is C17H27NOS. The van der Waals surface area contributed by atoms with E-state index in [1.807, 2.05) is 11.8 Å². The Morgan fingerprint density at radius 3 is 2.75 bits per heavy atom. The molecule has 1 aliphatic rings. The van der Waals surface area contributed by atoms with Gasteiger partial charge in [0.15, 0.2) is 0 Å². The summed E-state index contributed by atoms with van der Waals surface area (Å²) in [4.78, 5) is 1.42. The van der Waals surface area contributed by atoms with Crippen LogP contribution in [0.4, 0.5) is 0 Å². The maximum absolute atomic E-state index is 5.46. The summed E-state index contributed by atoms with van der Waals surface area (Å²) >= 11 is 1.99. The molecule has 1 aromatic carbocycles. The van der Waals surface area contributed by atoms with Crippen LogP contribution in [0.3, 0.4) is 0 Å². The SMILES string of the molecule is CCNC(CSc1ccccc1C)CC1CCOCC1. The summed E-state index contributed by atoms with van der Waals surface area (Å²) < 4.78 is 5.46. The fourth-order valence-electron chi connectivity index (χ4n) is 2.79. The van der Waals surface area contributed by atoms with Crippen molar-refractivity contribution in [1.29, 1.82) is 0 Å². The lowest BCUT2D eigenvalue weighted by molar-refractivity contribution is 0.0614. The monoisotopic (exact) mass is 293 g/mol. The van der Waals surface area contributed by atoms with Gasteiger partial charge in [-0.3, -0.25) is 0 Å². The summed E-state index contributed by atoms with van der Waals surface area (Å²) in [5.41, 5.74) is 1.39. The molecule has 0 spiro atoms. The van der Waals surface area contributed by atoms with Gasteiger partial charge in [0.2, 0.25) is 0 Å². The minimum absolute atomic E-state index is 0.618. The molecule has 2 rings (SSSR count). The van der Waals surface area contributed by atoms with E-state index in [0.29, 0.717) is 6.04 Å². The van der Waals surface area contributed by atoms with E-state index in [-0.39, 0.29) is 0 Å². The number of hydrogen-bond acceptors (Lipinski definition) is 3. The molecule has 112 valence electrons. The number of benzene rings is 1. The molecule has 0 bridgehead atoms. The van der Waals surface area contributed by atoms with Gasteiger partial charge in [0, 0.05) is 29.9 Å². The highest BCUT2D eigenvalue weighted by molar-refractivity contribution is 7.99. The van der Waals surface area contributed by atoms with Crippen LogP contribution in [-0.4, -0.2) is 31.6 Å². The van der Waals surface area contributed by atoms with Gasteiger partial charge in [0.05, 0.1) is 0 Å². The molecule has 1 aliphatic heterocycles. The van der Waals surface area contributed by atoms with Crippen LogP contribution in [0.5, 0.6) is 0 Å². The van der Waals surface area contributed by atoms with E-state index in [2.05, 4.69) is 43.4 Å². The minimum Gasteiger partial charge on any atom is -0.381 e. The lowest BCUT2D eigenvalue weighted by Gasteiger charge is -2.27. The van der Waals surface area contributed by atoms with Crippen LogP contribution in [-0.2, 0) is 4.74 Å². The Labute approximate surface area is 127 Å². The Kier molecular flexibility index (Phi) is 6.91. The standard InChI is InChI=1S/C17H27NOS/c1-3-18-16(12-15-8-10-19-11-9-15)13-20-17-7-5-4-6-14(17)2/h4-7,15-16,18H,3,8-13H2,1-2H3. The fraction of sp³-hybridized carbons (Fsp3) is 0.647. The first kappa shape index (κ1) is 15.9. The Morgan fingerprint density at radius 2 is 2.05 bits per heavy atom. The number of thioether (sulfide) groups is 1. The summed E-state index contributed by atoms with van der Waals surface area (Å²) in [5.74, 6) is 2.00. The first-order valence-corrected chi connectivity index (χ1v) is 8.77. The highest BCUT2D eigenvalue weighted by atomic mass is 32.2. The lowest BCUT2D eigenvalue weighted by Crippen LogP contribution is -2.34. The molecule has 0 amide bonds. The third-order valence-corrected chi connectivity index (χ3v) is 5.32. The average molecular weight is 293 g/mol. The lowest BCUT2D eigenvalue weighted by atomic mass is 9.93. The molecule has 1 atom stereocenters. The van der Waals surface area contributed by atoms with Crippen LogP contribution in [0, 0.1) is 12.8 Å². The number of aryl methyl sites for hydroxylation is 1. The first-order chi connectivity index (χ1) is 9.79. The van der Waals surface area contributed by atoms with Crippen LogP contribution in [0.2, 0.25) is 0 Å². The van der Waals surface area contributed by atoms with Crippen LogP contribution in [0.1, 0.15) is 31.7 Å². The zero-order valence-electron chi connectivity index (χ0n) is 12.7. The van der Waals surface area contributed by atoms with Crippen molar-refractivity contribution in [2.75, 3.05) is 25.5 Å². The minimum atomic E-state index is 0.618. The van der Waals surface area contributed by atoms with E-state index in [9.17, 15) is 0 Å². The van der Waals surface area contributed by atoms with Gasteiger partial charge in [-0.1, -0.05) is 25.1 Å². The second kappa shape index (κ2) is 8.71. The predicted molar refractivity (Wildman–Crippen MR) is 87.5 cm³/mol. The van der Waals surface area contributed by atoms with Crippen molar-refractivity contribution in [2.45, 2.75) is 44.0 Å². The molecule has 0 saturated carbocycles. The molecule has 1 N–H and O–H groups in total. The van der Waals surface area contributed by atoms with E-state index < -0.39 is 0 Å². The number of ether oxygens (including phenoxy) is 1. The molecule has 1 saturated heterocycles. The molecule has 1 aromatic rings. The summed E-state index contributed by atoms with van der Waals surface area (Å²) in [6.45, 7) is 7.36. The second-order valence-corrected chi connectivity index (χ2v) is 6.68. The maximum atomic E-state index is 5.46. The highest BCUT2D eigenvalue weighted by Crippen LogP contribution is 2.26. The Bertz CT molecular complexity index is 390. The summed E-state index contributed by atoms with van der Waals surface area (Å²) in [7, 11) is 0. The van der Waals surface area contributed by atoms with Crippen molar-refractivity contribution in [3.63, 3.8) is 0 Å². The smallest absolute Gasteiger partial charge is 0.0468 e. The van der Waals surface area contributed by atoms with Gasteiger partial charge in [0.25, 0.3) is 0 Å². The zero-order chi connectivity index (χ0) is 14.2. The summed E-state index contributed by atoms with van der Waals surface area (Å²) in [6, 6.07) is 9.30. The van der Waals surface area contributed by atoms with Crippen LogP contribution in [0.15, 0.2) is 29.2 Å². The Balaban J connectivity index is 1.83. The van der Waals surface area contributed by atoms with Gasteiger partial charge >= 0.3 is 0 Å². The molecule has 1 unspecified atom stereocenters. The maximum Gasteiger partial charge on any atom is 0.0468 e. The van der Waals surface area contributed by atoms with E-state index in [0.717, 1.165) is 31.4 Å². The summed E-state index contributed by atoms with van der Waals surface area (Å²) in [6.07, 6.45) is 3.75. The van der Waals surface area contributed by atoms with Crippen molar-refractivity contribution in [3.05, 3.63) is 29.8 Å². The highest BCUT2D eigenvalue weighted by Gasteiger charge is 2.19. The average Bonchev–Trinajstić information content (AvgIpc) is 2.47. The number of hydrogen-bond donors (Lipinski definition) is 1. The largest absolute Gasteiger partial charge is 0.381 e. The van der Waals surface area contributed by atoms with Crippen molar-refractivity contribution < 1.29 is 4.74 Å². The quantitative estimate of drug-likeness (QED) is 0.771. The molecule has 3 heteroatoms. The molecule has 1 fully saturated rings. The molecule has 2 nitrogen and oxygen atoms in total. The number of nitrogens with one attached hydrogen (secondary N) is 1.